The maximum absolute atomic E-state index is 12.9. The molecular weight excluding hydrogens is 273 g/mol. The molecule has 1 aromatic carbocycles. The molecule has 1 rings (SSSR count). The Labute approximate surface area is 103 Å². The summed E-state index contributed by atoms with van der Waals surface area (Å²) < 4.78 is 13.6. The zero-order valence-corrected chi connectivity index (χ0v) is 11.0. The van der Waals surface area contributed by atoms with E-state index in [2.05, 4.69) is 35.1 Å². The lowest BCUT2D eigenvalue weighted by atomic mass is 10.1. The molecule has 16 heavy (non-hydrogen) atoms. The molecule has 0 saturated carbocycles. The summed E-state index contributed by atoms with van der Waals surface area (Å²) in [7, 11) is 0. The smallest absolute Gasteiger partial charge is 0.224 e. The van der Waals surface area contributed by atoms with E-state index in [0.29, 0.717) is 22.5 Å². The maximum Gasteiger partial charge on any atom is 0.224 e. The molecular formula is C12H15BrFNO. The zero-order valence-electron chi connectivity index (χ0n) is 9.39. The molecule has 0 radical (unpaired) electrons. The molecule has 1 aromatic rings. The van der Waals surface area contributed by atoms with E-state index in [-0.39, 0.29) is 11.7 Å². The van der Waals surface area contributed by atoms with Crippen LogP contribution >= 0.6 is 15.9 Å². The Morgan fingerprint density at radius 1 is 1.50 bits per heavy atom. The van der Waals surface area contributed by atoms with Crippen LogP contribution in [0.4, 0.5) is 10.1 Å². The number of nitrogens with one attached hydrogen (secondary N) is 1. The minimum absolute atomic E-state index is 0.0833. The monoisotopic (exact) mass is 287 g/mol. The van der Waals surface area contributed by atoms with Gasteiger partial charge in [-0.1, -0.05) is 13.8 Å². The first kappa shape index (κ1) is 13.2. The van der Waals surface area contributed by atoms with Crippen molar-refractivity contribution in [3.05, 3.63) is 28.5 Å². The minimum atomic E-state index is -0.359. The molecule has 0 unspecified atom stereocenters. The third-order valence-electron chi connectivity index (χ3n) is 2.15. The van der Waals surface area contributed by atoms with Crippen LogP contribution in [-0.2, 0) is 4.79 Å². The van der Waals surface area contributed by atoms with Gasteiger partial charge in [-0.05, 0) is 46.5 Å². The Kier molecular flexibility index (Phi) is 4.93. The first-order valence-corrected chi connectivity index (χ1v) is 6.03. The van der Waals surface area contributed by atoms with Gasteiger partial charge in [-0.3, -0.25) is 4.79 Å². The topological polar surface area (TPSA) is 29.1 Å². The highest BCUT2D eigenvalue weighted by Gasteiger charge is 2.07. The number of rotatable bonds is 4. The Balaban J connectivity index is 2.59. The quantitative estimate of drug-likeness (QED) is 0.892. The first-order chi connectivity index (χ1) is 7.49. The number of carbonyl (C=O) groups excluding carboxylic acids is 1. The van der Waals surface area contributed by atoms with Gasteiger partial charge in [-0.15, -0.1) is 0 Å². The summed E-state index contributed by atoms with van der Waals surface area (Å²) in [6, 6.07) is 4.22. The molecule has 1 amide bonds. The number of amides is 1. The van der Waals surface area contributed by atoms with Crippen molar-refractivity contribution in [1.82, 2.24) is 0 Å². The first-order valence-electron chi connectivity index (χ1n) is 5.24. The average Bonchev–Trinajstić information content (AvgIpc) is 2.20. The van der Waals surface area contributed by atoms with E-state index in [1.165, 1.54) is 12.1 Å². The van der Waals surface area contributed by atoms with Gasteiger partial charge in [0, 0.05) is 10.9 Å². The summed E-state index contributed by atoms with van der Waals surface area (Å²) in [6.45, 7) is 4.12. The molecule has 0 aliphatic heterocycles. The lowest BCUT2D eigenvalue weighted by Crippen LogP contribution is -2.12. The van der Waals surface area contributed by atoms with E-state index in [1.807, 2.05) is 0 Å². The predicted molar refractivity (Wildman–Crippen MR) is 66.8 cm³/mol. The van der Waals surface area contributed by atoms with Crippen molar-refractivity contribution in [2.24, 2.45) is 5.92 Å². The lowest BCUT2D eigenvalue weighted by Gasteiger charge is -2.08. The van der Waals surface area contributed by atoms with Gasteiger partial charge in [0.15, 0.2) is 0 Å². The highest BCUT2D eigenvalue weighted by atomic mass is 79.9. The third kappa shape index (κ3) is 4.31. The normalized spacial score (nSPS) is 10.6. The average molecular weight is 288 g/mol. The van der Waals surface area contributed by atoms with Crippen LogP contribution in [0.25, 0.3) is 0 Å². The molecule has 0 saturated heterocycles. The van der Waals surface area contributed by atoms with Crippen LogP contribution in [-0.4, -0.2) is 5.91 Å². The molecule has 4 heteroatoms. The number of benzene rings is 1. The van der Waals surface area contributed by atoms with Gasteiger partial charge in [0.1, 0.15) is 5.82 Å². The number of anilines is 1. The minimum Gasteiger partial charge on any atom is -0.325 e. The Hall–Kier alpha value is -0.900. The van der Waals surface area contributed by atoms with Gasteiger partial charge in [0.25, 0.3) is 0 Å². The molecule has 0 heterocycles. The van der Waals surface area contributed by atoms with Gasteiger partial charge < -0.3 is 5.32 Å². The molecule has 0 spiro atoms. The molecule has 0 aliphatic rings. The third-order valence-corrected chi connectivity index (χ3v) is 2.84. The van der Waals surface area contributed by atoms with Gasteiger partial charge in [-0.2, -0.15) is 0 Å². The van der Waals surface area contributed by atoms with Gasteiger partial charge >= 0.3 is 0 Å². The summed E-state index contributed by atoms with van der Waals surface area (Å²) in [5.74, 6) is 0.0454. The van der Waals surface area contributed by atoms with Crippen LogP contribution in [0.1, 0.15) is 26.7 Å². The summed E-state index contributed by atoms with van der Waals surface area (Å²) >= 11 is 3.26. The molecule has 1 N–H and O–H groups in total. The molecule has 88 valence electrons. The van der Waals surface area contributed by atoms with Crippen molar-refractivity contribution in [2.45, 2.75) is 26.7 Å². The SMILES string of the molecule is CC(C)CCC(=O)Nc1cc(F)ccc1Br. The summed E-state index contributed by atoms with van der Waals surface area (Å²) in [6.07, 6.45) is 1.29. The van der Waals surface area contributed by atoms with E-state index >= 15 is 0 Å². The molecule has 0 atom stereocenters. The van der Waals surface area contributed by atoms with Crippen LogP contribution in [0, 0.1) is 11.7 Å². The van der Waals surface area contributed by atoms with Crippen molar-refractivity contribution >= 4 is 27.5 Å². The second kappa shape index (κ2) is 5.99. The van der Waals surface area contributed by atoms with Crippen LogP contribution in [0.3, 0.4) is 0 Å². The summed E-state index contributed by atoms with van der Waals surface area (Å²) in [5.41, 5.74) is 0.480. The Morgan fingerprint density at radius 3 is 2.81 bits per heavy atom. The molecule has 0 aromatic heterocycles. The van der Waals surface area contributed by atoms with Crippen molar-refractivity contribution < 1.29 is 9.18 Å². The van der Waals surface area contributed by atoms with Crippen LogP contribution in [0.5, 0.6) is 0 Å². The molecule has 2 nitrogen and oxygen atoms in total. The van der Waals surface area contributed by atoms with Crippen molar-refractivity contribution in [2.75, 3.05) is 5.32 Å². The molecule has 0 bridgehead atoms. The highest BCUT2D eigenvalue weighted by Crippen LogP contribution is 2.23. The van der Waals surface area contributed by atoms with Crippen molar-refractivity contribution in [1.29, 1.82) is 0 Å². The van der Waals surface area contributed by atoms with Crippen molar-refractivity contribution in [3.63, 3.8) is 0 Å². The fourth-order valence-electron chi connectivity index (χ4n) is 1.23. The standard InChI is InChI=1S/C12H15BrFNO/c1-8(2)3-6-12(16)15-11-7-9(14)4-5-10(11)13/h4-5,7-8H,3,6H2,1-2H3,(H,15,16). The molecule has 0 aliphatic carbocycles. The predicted octanol–water partition coefficient (Wildman–Crippen LogP) is 3.96. The van der Waals surface area contributed by atoms with Gasteiger partial charge in [-0.25, -0.2) is 4.39 Å². The second-order valence-corrected chi connectivity index (χ2v) is 4.96. The van der Waals surface area contributed by atoms with Crippen molar-refractivity contribution in [3.8, 4) is 0 Å². The Bertz CT molecular complexity index is 379. The van der Waals surface area contributed by atoms with Gasteiger partial charge in [0.05, 0.1) is 5.69 Å². The number of carbonyl (C=O) groups is 1. The second-order valence-electron chi connectivity index (χ2n) is 4.10. The lowest BCUT2D eigenvalue weighted by molar-refractivity contribution is -0.116. The summed E-state index contributed by atoms with van der Waals surface area (Å²) in [5, 5.41) is 2.68. The fourth-order valence-corrected chi connectivity index (χ4v) is 1.57. The van der Waals surface area contributed by atoms with Crippen LogP contribution in [0.15, 0.2) is 22.7 Å². The number of hydrogen-bond donors (Lipinski definition) is 1. The van der Waals surface area contributed by atoms with E-state index in [9.17, 15) is 9.18 Å². The van der Waals surface area contributed by atoms with Crippen LogP contribution in [0.2, 0.25) is 0 Å². The van der Waals surface area contributed by atoms with Gasteiger partial charge in [0.2, 0.25) is 5.91 Å². The molecule has 0 fully saturated rings. The largest absolute Gasteiger partial charge is 0.325 e. The highest BCUT2D eigenvalue weighted by molar-refractivity contribution is 9.10. The number of hydrogen-bond acceptors (Lipinski definition) is 1. The fraction of sp³-hybridized carbons (Fsp3) is 0.417. The zero-order chi connectivity index (χ0) is 12.1. The van der Waals surface area contributed by atoms with E-state index in [1.54, 1.807) is 6.07 Å². The van der Waals surface area contributed by atoms with Crippen LogP contribution < -0.4 is 5.32 Å². The Morgan fingerprint density at radius 2 is 2.19 bits per heavy atom. The van der Waals surface area contributed by atoms with E-state index in [4.69, 9.17) is 0 Å². The maximum atomic E-state index is 12.9. The summed E-state index contributed by atoms with van der Waals surface area (Å²) in [4.78, 5) is 11.5. The number of halogens is 2. The van der Waals surface area contributed by atoms with E-state index < -0.39 is 0 Å². The van der Waals surface area contributed by atoms with E-state index in [0.717, 1.165) is 6.42 Å².